The zero-order valence-corrected chi connectivity index (χ0v) is 9.13. The molecule has 0 unspecified atom stereocenters. The zero-order chi connectivity index (χ0) is 11.8. The lowest BCUT2D eigenvalue weighted by molar-refractivity contribution is 0.951. The Morgan fingerprint density at radius 2 is 2.06 bits per heavy atom. The fourth-order valence-electron chi connectivity index (χ4n) is 1.99. The molecule has 3 aromatic rings. The Balaban J connectivity index is 2.53. The summed E-state index contributed by atoms with van der Waals surface area (Å²) in [5.41, 5.74) is 6.60. The zero-order valence-electron chi connectivity index (χ0n) is 9.13. The Hall–Kier alpha value is -2.20. The molecule has 0 radical (unpaired) electrons. The molecule has 0 bridgehead atoms. The van der Waals surface area contributed by atoms with Crippen molar-refractivity contribution in [2.24, 2.45) is 5.73 Å². The van der Waals surface area contributed by atoms with Gasteiger partial charge in [-0.3, -0.25) is 9.20 Å². The van der Waals surface area contributed by atoms with Crippen molar-refractivity contribution in [1.82, 2.24) is 9.38 Å². The number of fused-ring (bicyclic) bond motifs is 3. The molecule has 0 aliphatic heterocycles. The summed E-state index contributed by atoms with van der Waals surface area (Å²) in [6.45, 7) is 0.210. The van der Waals surface area contributed by atoms with Crippen molar-refractivity contribution in [3.05, 3.63) is 58.6 Å². The second-order valence-corrected chi connectivity index (χ2v) is 3.89. The molecule has 2 N–H and O–H groups in total. The van der Waals surface area contributed by atoms with Gasteiger partial charge in [-0.25, -0.2) is 4.98 Å². The van der Waals surface area contributed by atoms with E-state index in [-0.39, 0.29) is 12.1 Å². The van der Waals surface area contributed by atoms with Gasteiger partial charge in [-0.1, -0.05) is 24.3 Å². The van der Waals surface area contributed by atoms with E-state index in [4.69, 9.17) is 5.73 Å². The van der Waals surface area contributed by atoms with Crippen molar-refractivity contribution >= 4 is 16.4 Å². The summed E-state index contributed by atoms with van der Waals surface area (Å²) in [6, 6.07) is 9.76. The van der Waals surface area contributed by atoms with E-state index in [2.05, 4.69) is 4.98 Å². The third-order valence-corrected chi connectivity index (χ3v) is 2.89. The highest BCUT2D eigenvalue weighted by Crippen LogP contribution is 2.16. The average Bonchev–Trinajstić information content (AvgIpc) is 2.39. The minimum atomic E-state index is -0.0942. The molecule has 17 heavy (non-hydrogen) atoms. The van der Waals surface area contributed by atoms with E-state index in [0.717, 1.165) is 10.8 Å². The fourth-order valence-corrected chi connectivity index (χ4v) is 1.99. The summed E-state index contributed by atoms with van der Waals surface area (Å²) in [5.74, 6) is 0. The van der Waals surface area contributed by atoms with Crippen LogP contribution in [0.4, 0.5) is 0 Å². The van der Waals surface area contributed by atoms with E-state index in [1.807, 2.05) is 30.3 Å². The smallest absolute Gasteiger partial charge is 0.262 e. The van der Waals surface area contributed by atoms with Gasteiger partial charge in [-0.2, -0.15) is 0 Å². The molecule has 4 nitrogen and oxygen atoms in total. The molecule has 3 rings (SSSR count). The Morgan fingerprint density at radius 3 is 2.88 bits per heavy atom. The van der Waals surface area contributed by atoms with Crippen molar-refractivity contribution in [2.45, 2.75) is 6.54 Å². The van der Waals surface area contributed by atoms with E-state index in [1.54, 1.807) is 16.8 Å². The summed E-state index contributed by atoms with van der Waals surface area (Å²) in [5, 5.41) is 2.04. The van der Waals surface area contributed by atoms with E-state index >= 15 is 0 Å². The number of nitrogens with two attached hydrogens (primary N) is 1. The number of benzene rings is 1. The molecule has 0 saturated heterocycles. The van der Waals surface area contributed by atoms with Gasteiger partial charge in [0, 0.05) is 29.9 Å². The lowest BCUT2D eigenvalue weighted by atomic mass is 10.1. The van der Waals surface area contributed by atoms with Crippen LogP contribution in [0.25, 0.3) is 16.4 Å². The van der Waals surface area contributed by atoms with E-state index in [1.165, 1.54) is 0 Å². The van der Waals surface area contributed by atoms with E-state index < -0.39 is 0 Å². The SMILES string of the molecule is NCc1cnc2c3ccccc3ccn2c1=O. The normalized spacial score (nSPS) is 11.1. The van der Waals surface area contributed by atoms with Crippen molar-refractivity contribution < 1.29 is 0 Å². The first kappa shape index (κ1) is 9.99. The molecule has 1 aromatic carbocycles. The first-order valence-corrected chi connectivity index (χ1v) is 5.39. The van der Waals surface area contributed by atoms with Crippen LogP contribution in [-0.2, 0) is 6.54 Å². The minimum Gasteiger partial charge on any atom is -0.326 e. The van der Waals surface area contributed by atoms with Crippen LogP contribution in [0.5, 0.6) is 0 Å². The summed E-state index contributed by atoms with van der Waals surface area (Å²) in [6.07, 6.45) is 3.30. The average molecular weight is 225 g/mol. The molecule has 0 fully saturated rings. The Labute approximate surface area is 97.3 Å². The molecule has 84 valence electrons. The Bertz CT molecular complexity index is 761. The lowest BCUT2D eigenvalue weighted by Crippen LogP contribution is -2.21. The highest BCUT2D eigenvalue weighted by atomic mass is 16.1. The molecular formula is C13H11N3O. The van der Waals surface area contributed by atoms with Gasteiger partial charge in [0.2, 0.25) is 0 Å². The molecule has 0 aliphatic rings. The standard InChI is InChI=1S/C13H11N3O/c14-7-10-8-15-12-11-4-2-1-3-9(11)5-6-16(12)13(10)17/h1-6,8H,7,14H2. The number of aromatic nitrogens is 2. The van der Waals surface area contributed by atoms with Gasteiger partial charge in [-0.15, -0.1) is 0 Å². The quantitative estimate of drug-likeness (QED) is 0.635. The van der Waals surface area contributed by atoms with Gasteiger partial charge >= 0.3 is 0 Å². The Morgan fingerprint density at radius 1 is 1.24 bits per heavy atom. The summed E-state index contributed by atoms with van der Waals surface area (Å²) < 4.78 is 1.55. The molecular weight excluding hydrogens is 214 g/mol. The fraction of sp³-hybridized carbons (Fsp3) is 0.0769. The molecule has 4 heteroatoms. The third kappa shape index (κ3) is 1.42. The first-order valence-electron chi connectivity index (χ1n) is 5.39. The number of pyridine rings is 1. The van der Waals surface area contributed by atoms with E-state index in [9.17, 15) is 4.79 Å². The van der Waals surface area contributed by atoms with Gasteiger partial charge in [0.05, 0.1) is 0 Å². The second-order valence-electron chi connectivity index (χ2n) is 3.89. The lowest BCUT2D eigenvalue weighted by Gasteiger charge is -2.05. The molecule has 2 heterocycles. The van der Waals surface area contributed by atoms with Gasteiger partial charge in [0.1, 0.15) is 5.65 Å². The maximum atomic E-state index is 12.0. The summed E-state index contributed by atoms with van der Waals surface area (Å²) in [7, 11) is 0. The van der Waals surface area contributed by atoms with Crippen LogP contribution in [0, 0.1) is 0 Å². The topological polar surface area (TPSA) is 60.4 Å². The third-order valence-electron chi connectivity index (χ3n) is 2.89. The predicted octanol–water partition coefficient (Wildman–Crippen LogP) is 1.31. The predicted molar refractivity (Wildman–Crippen MR) is 66.9 cm³/mol. The van der Waals surface area contributed by atoms with Crippen LogP contribution in [0.2, 0.25) is 0 Å². The maximum Gasteiger partial charge on any atom is 0.262 e. The maximum absolute atomic E-state index is 12.0. The van der Waals surface area contributed by atoms with Crippen LogP contribution < -0.4 is 11.3 Å². The number of hydrogen-bond acceptors (Lipinski definition) is 3. The number of hydrogen-bond donors (Lipinski definition) is 1. The first-order chi connectivity index (χ1) is 8.31. The largest absolute Gasteiger partial charge is 0.326 e. The summed E-state index contributed by atoms with van der Waals surface area (Å²) in [4.78, 5) is 16.4. The van der Waals surface area contributed by atoms with E-state index in [0.29, 0.717) is 11.2 Å². The second kappa shape index (κ2) is 3.68. The molecule has 0 amide bonds. The van der Waals surface area contributed by atoms with Gasteiger partial charge in [0.15, 0.2) is 0 Å². The number of rotatable bonds is 1. The molecule has 0 aliphatic carbocycles. The van der Waals surface area contributed by atoms with Crippen molar-refractivity contribution in [1.29, 1.82) is 0 Å². The van der Waals surface area contributed by atoms with Gasteiger partial charge < -0.3 is 5.73 Å². The van der Waals surface area contributed by atoms with Gasteiger partial charge in [0.25, 0.3) is 5.56 Å². The van der Waals surface area contributed by atoms with Crippen LogP contribution >= 0.6 is 0 Å². The van der Waals surface area contributed by atoms with Gasteiger partial charge in [-0.05, 0) is 11.5 Å². The molecule has 0 spiro atoms. The minimum absolute atomic E-state index is 0.0942. The molecule has 0 atom stereocenters. The van der Waals surface area contributed by atoms with Crippen LogP contribution in [-0.4, -0.2) is 9.38 Å². The van der Waals surface area contributed by atoms with Crippen molar-refractivity contribution in [2.75, 3.05) is 0 Å². The van der Waals surface area contributed by atoms with Crippen molar-refractivity contribution in [3.8, 4) is 0 Å². The summed E-state index contributed by atoms with van der Waals surface area (Å²) >= 11 is 0. The van der Waals surface area contributed by atoms with Crippen LogP contribution in [0.15, 0.2) is 47.5 Å². The monoisotopic (exact) mass is 225 g/mol. The Kier molecular flexibility index (Phi) is 2.16. The van der Waals surface area contributed by atoms with Crippen molar-refractivity contribution in [3.63, 3.8) is 0 Å². The van der Waals surface area contributed by atoms with Crippen LogP contribution in [0.3, 0.4) is 0 Å². The molecule has 0 saturated carbocycles. The highest BCUT2D eigenvalue weighted by Gasteiger charge is 2.05. The molecule has 2 aromatic heterocycles. The van der Waals surface area contributed by atoms with Crippen LogP contribution in [0.1, 0.15) is 5.56 Å². The number of nitrogens with zero attached hydrogens (tertiary/aromatic N) is 2. The highest BCUT2D eigenvalue weighted by molar-refractivity contribution is 5.93.